The average Bonchev–Trinajstić information content (AvgIpc) is 2.22. The second-order valence-electron chi connectivity index (χ2n) is 2.83. The molecule has 0 spiro atoms. The lowest BCUT2D eigenvalue weighted by molar-refractivity contribution is 0.302. The zero-order valence-electron chi connectivity index (χ0n) is 8.11. The highest BCUT2D eigenvalue weighted by atomic mass is 35.5. The second-order valence-corrected chi connectivity index (χ2v) is 3.21. The topological polar surface area (TPSA) is 69.2 Å². The fourth-order valence-corrected chi connectivity index (χ4v) is 1.38. The molecular formula is C9H12ClN3O2. The van der Waals surface area contributed by atoms with Crippen LogP contribution >= 0.6 is 11.6 Å². The SMILES string of the molecule is C=CCN(CCO)c1nc[nH]c(=O)c1Cl. The second kappa shape index (κ2) is 5.53. The van der Waals surface area contributed by atoms with Gasteiger partial charge in [0.1, 0.15) is 5.02 Å². The lowest BCUT2D eigenvalue weighted by Gasteiger charge is -2.21. The molecule has 0 aliphatic heterocycles. The molecule has 0 bridgehead atoms. The highest BCUT2D eigenvalue weighted by molar-refractivity contribution is 6.32. The van der Waals surface area contributed by atoms with E-state index in [0.717, 1.165) is 0 Å². The summed E-state index contributed by atoms with van der Waals surface area (Å²) in [6.07, 6.45) is 2.92. The Labute approximate surface area is 92.0 Å². The summed E-state index contributed by atoms with van der Waals surface area (Å²) in [5, 5.41) is 8.87. The Hall–Kier alpha value is -1.33. The molecule has 1 heterocycles. The first-order valence-corrected chi connectivity index (χ1v) is 4.78. The number of nitrogens with one attached hydrogen (secondary N) is 1. The van der Waals surface area contributed by atoms with Crippen molar-refractivity contribution >= 4 is 17.4 Å². The minimum absolute atomic E-state index is 0.0211. The van der Waals surface area contributed by atoms with Gasteiger partial charge in [-0.15, -0.1) is 6.58 Å². The zero-order valence-corrected chi connectivity index (χ0v) is 8.87. The van der Waals surface area contributed by atoms with Crippen LogP contribution in [-0.2, 0) is 0 Å². The Morgan fingerprint density at radius 1 is 1.73 bits per heavy atom. The van der Waals surface area contributed by atoms with E-state index < -0.39 is 5.56 Å². The van der Waals surface area contributed by atoms with Gasteiger partial charge in [0, 0.05) is 13.1 Å². The molecule has 0 saturated carbocycles. The molecule has 0 fully saturated rings. The molecule has 0 aromatic carbocycles. The summed E-state index contributed by atoms with van der Waals surface area (Å²) >= 11 is 5.80. The fraction of sp³-hybridized carbons (Fsp3) is 0.333. The zero-order chi connectivity index (χ0) is 11.3. The highest BCUT2D eigenvalue weighted by Crippen LogP contribution is 2.17. The van der Waals surface area contributed by atoms with Crippen LogP contribution in [0.2, 0.25) is 5.02 Å². The number of rotatable bonds is 5. The van der Waals surface area contributed by atoms with Gasteiger partial charge < -0.3 is 15.0 Å². The van der Waals surface area contributed by atoms with Crippen LogP contribution in [0.25, 0.3) is 0 Å². The van der Waals surface area contributed by atoms with Crippen LogP contribution in [0.15, 0.2) is 23.8 Å². The molecule has 1 aromatic rings. The third kappa shape index (κ3) is 2.81. The summed E-state index contributed by atoms with van der Waals surface area (Å²) in [5.74, 6) is 0.356. The van der Waals surface area contributed by atoms with Crippen molar-refractivity contribution in [3.05, 3.63) is 34.4 Å². The first-order chi connectivity index (χ1) is 7.20. The van der Waals surface area contributed by atoms with Crippen LogP contribution in [0.3, 0.4) is 0 Å². The van der Waals surface area contributed by atoms with Crippen molar-refractivity contribution in [1.82, 2.24) is 9.97 Å². The molecule has 1 rings (SSSR count). The van der Waals surface area contributed by atoms with Crippen LogP contribution < -0.4 is 10.5 Å². The van der Waals surface area contributed by atoms with Gasteiger partial charge in [0.2, 0.25) is 0 Å². The lowest BCUT2D eigenvalue weighted by Crippen LogP contribution is -2.29. The molecule has 0 amide bonds. The molecule has 82 valence electrons. The van der Waals surface area contributed by atoms with E-state index in [-0.39, 0.29) is 11.6 Å². The van der Waals surface area contributed by atoms with Gasteiger partial charge in [-0.2, -0.15) is 0 Å². The third-order valence-corrected chi connectivity index (χ3v) is 2.14. The molecule has 0 saturated heterocycles. The molecule has 5 nitrogen and oxygen atoms in total. The molecular weight excluding hydrogens is 218 g/mol. The van der Waals surface area contributed by atoms with E-state index in [0.29, 0.717) is 18.9 Å². The van der Waals surface area contributed by atoms with Crippen molar-refractivity contribution in [3.8, 4) is 0 Å². The van der Waals surface area contributed by atoms with Crippen LogP contribution in [0.5, 0.6) is 0 Å². The van der Waals surface area contributed by atoms with Gasteiger partial charge in [-0.1, -0.05) is 17.7 Å². The number of aromatic amines is 1. The minimum atomic E-state index is -0.395. The molecule has 0 aliphatic rings. The maximum Gasteiger partial charge on any atom is 0.271 e. The van der Waals surface area contributed by atoms with E-state index in [4.69, 9.17) is 16.7 Å². The molecule has 15 heavy (non-hydrogen) atoms. The maximum absolute atomic E-state index is 11.2. The summed E-state index contributed by atoms with van der Waals surface area (Å²) < 4.78 is 0. The molecule has 0 radical (unpaired) electrons. The monoisotopic (exact) mass is 229 g/mol. The summed E-state index contributed by atoms with van der Waals surface area (Å²) in [7, 11) is 0. The molecule has 0 atom stereocenters. The number of halogens is 1. The van der Waals surface area contributed by atoms with Crippen molar-refractivity contribution in [2.45, 2.75) is 0 Å². The minimum Gasteiger partial charge on any atom is -0.395 e. The fourth-order valence-electron chi connectivity index (χ4n) is 1.15. The van der Waals surface area contributed by atoms with Gasteiger partial charge in [0.15, 0.2) is 5.82 Å². The van der Waals surface area contributed by atoms with Crippen LogP contribution in [0, 0.1) is 0 Å². The molecule has 2 N–H and O–H groups in total. The summed E-state index contributed by atoms with van der Waals surface area (Å²) in [5.41, 5.74) is -0.395. The Morgan fingerprint density at radius 2 is 2.47 bits per heavy atom. The van der Waals surface area contributed by atoms with Gasteiger partial charge >= 0.3 is 0 Å². The molecule has 0 aliphatic carbocycles. The van der Waals surface area contributed by atoms with Crippen molar-refractivity contribution in [2.75, 3.05) is 24.6 Å². The quantitative estimate of drug-likeness (QED) is 0.718. The van der Waals surface area contributed by atoms with Gasteiger partial charge in [-0.3, -0.25) is 4.79 Å². The van der Waals surface area contributed by atoms with E-state index >= 15 is 0 Å². The number of H-pyrrole nitrogens is 1. The largest absolute Gasteiger partial charge is 0.395 e. The number of anilines is 1. The summed E-state index contributed by atoms with van der Waals surface area (Å²) in [6.45, 7) is 4.36. The number of aliphatic hydroxyl groups is 1. The van der Waals surface area contributed by atoms with Gasteiger partial charge in [0.05, 0.1) is 12.9 Å². The van der Waals surface area contributed by atoms with E-state index in [1.54, 1.807) is 11.0 Å². The average molecular weight is 230 g/mol. The van der Waals surface area contributed by atoms with Gasteiger partial charge in [-0.05, 0) is 0 Å². The first kappa shape index (κ1) is 11.7. The number of hydrogen-bond donors (Lipinski definition) is 2. The molecule has 6 heteroatoms. The van der Waals surface area contributed by atoms with Crippen LogP contribution in [0.1, 0.15) is 0 Å². The standard InChI is InChI=1S/C9H12ClN3O2/c1-2-3-13(4-5-14)8-7(10)9(15)12-6-11-8/h2,6,14H,1,3-5H2,(H,11,12,15). The van der Waals surface area contributed by atoms with E-state index in [2.05, 4.69) is 16.5 Å². The molecule has 1 aromatic heterocycles. The Morgan fingerprint density at radius 3 is 3.07 bits per heavy atom. The van der Waals surface area contributed by atoms with Crippen molar-refractivity contribution in [3.63, 3.8) is 0 Å². The Kier molecular flexibility index (Phi) is 4.33. The van der Waals surface area contributed by atoms with Crippen LogP contribution in [0.4, 0.5) is 5.82 Å². The molecule has 0 unspecified atom stereocenters. The van der Waals surface area contributed by atoms with Crippen molar-refractivity contribution in [1.29, 1.82) is 0 Å². The number of nitrogens with zero attached hydrogens (tertiary/aromatic N) is 2. The van der Waals surface area contributed by atoms with Crippen molar-refractivity contribution < 1.29 is 5.11 Å². The Bertz CT molecular complexity index is 391. The van der Waals surface area contributed by atoms with Gasteiger partial charge in [0.25, 0.3) is 5.56 Å². The third-order valence-electron chi connectivity index (χ3n) is 1.80. The lowest BCUT2D eigenvalue weighted by atomic mass is 10.4. The predicted octanol–water partition coefficient (Wildman–Crippen LogP) is 0.408. The van der Waals surface area contributed by atoms with E-state index in [1.807, 2.05) is 0 Å². The summed E-state index contributed by atoms with van der Waals surface area (Å²) in [6, 6.07) is 0. The van der Waals surface area contributed by atoms with Crippen LogP contribution in [-0.4, -0.2) is 34.8 Å². The normalized spacial score (nSPS) is 10.0. The maximum atomic E-state index is 11.2. The van der Waals surface area contributed by atoms with Gasteiger partial charge in [-0.25, -0.2) is 4.98 Å². The number of aliphatic hydroxyl groups excluding tert-OH is 1. The highest BCUT2D eigenvalue weighted by Gasteiger charge is 2.12. The smallest absolute Gasteiger partial charge is 0.271 e. The first-order valence-electron chi connectivity index (χ1n) is 4.40. The number of aromatic nitrogens is 2. The summed E-state index contributed by atoms with van der Waals surface area (Å²) in [4.78, 5) is 19.2. The van der Waals surface area contributed by atoms with Crippen molar-refractivity contribution in [2.24, 2.45) is 0 Å². The van der Waals surface area contributed by atoms with E-state index in [1.165, 1.54) is 6.33 Å². The van der Waals surface area contributed by atoms with E-state index in [9.17, 15) is 4.79 Å². The predicted molar refractivity (Wildman–Crippen MR) is 59.4 cm³/mol. The number of hydrogen-bond acceptors (Lipinski definition) is 4. The Balaban J connectivity index is 3.04.